The van der Waals surface area contributed by atoms with E-state index in [-0.39, 0.29) is 5.84 Å². The van der Waals surface area contributed by atoms with Crippen molar-refractivity contribution in [2.75, 3.05) is 0 Å². The number of nitrogens with two attached hydrogens (primary N) is 1. The van der Waals surface area contributed by atoms with Crippen LogP contribution in [0.25, 0.3) is 0 Å². The van der Waals surface area contributed by atoms with Gasteiger partial charge in [-0.1, -0.05) is 33.1 Å². The maximum atomic E-state index is 7.91. The lowest BCUT2D eigenvalue weighted by atomic mass is 10.0. The maximum absolute atomic E-state index is 7.91. The lowest BCUT2D eigenvalue weighted by Gasteiger charge is -2.22. The van der Waals surface area contributed by atoms with Crippen LogP contribution in [0.3, 0.4) is 0 Å². The van der Waals surface area contributed by atoms with Crippen LogP contribution in [0, 0.1) is 5.41 Å². The Morgan fingerprint density at radius 2 is 1.90 bits per heavy atom. The highest BCUT2D eigenvalue weighted by Crippen LogP contribution is 2.35. The molecule has 1 aromatic rings. The number of nitrogens with one attached hydrogen (secondary N) is 1. The van der Waals surface area contributed by atoms with Crippen molar-refractivity contribution in [2.24, 2.45) is 5.73 Å². The second-order valence-electron chi connectivity index (χ2n) is 5.30. The van der Waals surface area contributed by atoms with Crippen LogP contribution >= 0.6 is 11.8 Å². The Bertz CT molecular complexity index is 481. The van der Waals surface area contributed by atoms with Gasteiger partial charge in [0.1, 0.15) is 10.9 Å². The number of nitrogen functional groups attached to an aromatic ring is 1. The van der Waals surface area contributed by atoms with Crippen LogP contribution in [-0.4, -0.2) is 21.3 Å². The molecule has 0 spiro atoms. The topological polar surface area (TPSA) is 75.7 Å². The zero-order valence-corrected chi connectivity index (χ0v) is 13.2. The zero-order valence-electron chi connectivity index (χ0n) is 12.4. The van der Waals surface area contributed by atoms with Crippen molar-refractivity contribution < 1.29 is 0 Å². The van der Waals surface area contributed by atoms with Gasteiger partial charge in [0.05, 0.1) is 11.3 Å². The van der Waals surface area contributed by atoms with Crippen molar-refractivity contribution in [3.05, 3.63) is 16.8 Å². The number of hydrogen-bond donors (Lipinski definition) is 2. The number of aromatic nitrogens is 2. The highest BCUT2D eigenvalue weighted by molar-refractivity contribution is 7.99. The number of nitrogens with zero attached hydrogens (tertiary/aromatic N) is 2. The van der Waals surface area contributed by atoms with Crippen LogP contribution in [0.1, 0.15) is 62.8 Å². The number of hydrogen-bond acceptors (Lipinski definition) is 4. The molecule has 1 aliphatic carbocycles. The predicted octanol–water partition coefficient (Wildman–Crippen LogP) is 3.31. The second kappa shape index (κ2) is 7.07. The van der Waals surface area contributed by atoms with Gasteiger partial charge in [-0.25, -0.2) is 0 Å². The number of amidine groups is 1. The predicted molar refractivity (Wildman–Crippen MR) is 84.5 cm³/mol. The van der Waals surface area contributed by atoms with Crippen molar-refractivity contribution in [2.45, 2.75) is 69.1 Å². The van der Waals surface area contributed by atoms with E-state index in [4.69, 9.17) is 11.1 Å². The molecule has 0 radical (unpaired) electrons. The molecule has 1 saturated carbocycles. The van der Waals surface area contributed by atoms with Gasteiger partial charge in [0.15, 0.2) is 0 Å². The quantitative estimate of drug-likeness (QED) is 0.645. The van der Waals surface area contributed by atoms with Crippen LogP contribution in [0.15, 0.2) is 5.03 Å². The summed E-state index contributed by atoms with van der Waals surface area (Å²) in [6, 6.07) is 0. The van der Waals surface area contributed by atoms with E-state index in [1.165, 1.54) is 32.1 Å². The zero-order chi connectivity index (χ0) is 14.5. The van der Waals surface area contributed by atoms with E-state index >= 15 is 0 Å². The Hall–Kier alpha value is -1.10. The molecule has 0 aromatic carbocycles. The van der Waals surface area contributed by atoms with Crippen LogP contribution in [0.5, 0.6) is 0 Å². The summed E-state index contributed by atoms with van der Waals surface area (Å²) in [6.45, 7) is 4.17. The monoisotopic (exact) mass is 292 g/mol. The Morgan fingerprint density at radius 1 is 1.20 bits per heavy atom. The Morgan fingerprint density at radius 3 is 2.45 bits per heavy atom. The van der Waals surface area contributed by atoms with Crippen molar-refractivity contribution in [3.63, 3.8) is 0 Å². The summed E-state index contributed by atoms with van der Waals surface area (Å²) in [6.07, 6.45) is 8.11. The molecule has 0 atom stereocenters. The van der Waals surface area contributed by atoms with E-state index in [0.717, 1.165) is 34.7 Å². The lowest BCUT2D eigenvalue weighted by molar-refractivity contribution is 0.515. The molecule has 3 N–H and O–H groups in total. The van der Waals surface area contributed by atoms with Crippen molar-refractivity contribution in [3.8, 4) is 0 Å². The Kier molecular flexibility index (Phi) is 5.40. The highest BCUT2D eigenvalue weighted by atomic mass is 32.2. The molecule has 1 aliphatic rings. The van der Waals surface area contributed by atoms with Crippen molar-refractivity contribution in [1.82, 2.24) is 10.2 Å². The summed E-state index contributed by atoms with van der Waals surface area (Å²) in [5.74, 6) is 0.129. The van der Waals surface area contributed by atoms with E-state index in [9.17, 15) is 0 Å². The molecule has 1 fully saturated rings. The van der Waals surface area contributed by atoms with Crippen LogP contribution in [-0.2, 0) is 12.8 Å². The summed E-state index contributed by atoms with van der Waals surface area (Å²) >= 11 is 1.77. The fraction of sp³-hybridized carbons (Fsp3) is 0.667. The smallest absolute Gasteiger partial charge is 0.130 e. The summed E-state index contributed by atoms with van der Waals surface area (Å²) in [5, 5.41) is 18.1. The largest absolute Gasteiger partial charge is 0.384 e. The van der Waals surface area contributed by atoms with Crippen molar-refractivity contribution >= 4 is 17.6 Å². The first-order valence-electron chi connectivity index (χ1n) is 7.56. The molecule has 0 saturated heterocycles. The first-order valence-corrected chi connectivity index (χ1v) is 8.44. The molecule has 5 heteroatoms. The molecule has 110 valence electrons. The van der Waals surface area contributed by atoms with Gasteiger partial charge in [0.25, 0.3) is 0 Å². The van der Waals surface area contributed by atoms with Gasteiger partial charge in [-0.2, -0.15) is 5.10 Å². The van der Waals surface area contributed by atoms with E-state index in [1.807, 2.05) is 0 Å². The number of thioether (sulfide) groups is 1. The summed E-state index contributed by atoms with van der Waals surface area (Å²) < 4.78 is 0. The molecule has 4 nitrogen and oxygen atoms in total. The maximum Gasteiger partial charge on any atom is 0.130 e. The minimum atomic E-state index is 0.129. The second-order valence-corrected chi connectivity index (χ2v) is 6.59. The van der Waals surface area contributed by atoms with Crippen LogP contribution in [0.2, 0.25) is 0 Å². The van der Waals surface area contributed by atoms with Gasteiger partial charge in [-0.15, -0.1) is 16.9 Å². The average molecular weight is 292 g/mol. The highest BCUT2D eigenvalue weighted by Gasteiger charge is 2.21. The Labute approximate surface area is 125 Å². The third kappa shape index (κ3) is 3.32. The van der Waals surface area contributed by atoms with Gasteiger partial charge < -0.3 is 5.73 Å². The normalized spacial score (nSPS) is 16.3. The summed E-state index contributed by atoms with van der Waals surface area (Å²) in [5.41, 5.74) is 8.73. The molecule has 0 unspecified atom stereocenters. The minimum absolute atomic E-state index is 0.129. The van der Waals surface area contributed by atoms with Crippen molar-refractivity contribution in [1.29, 1.82) is 5.41 Å². The van der Waals surface area contributed by atoms with Gasteiger partial charge in [0, 0.05) is 5.25 Å². The van der Waals surface area contributed by atoms with Gasteiger partial charge in [-0.05, 0) is 31.2 Å². The molecule has 20 heavy (non-hydrogen) atoms. The van der Waals surface area contributed by atoms with E-state index in [0.29, 0.717) is 5.25 Å². The average Bonchev–Trinajstić information content (AvgIpc) is 2.47. The molecular weight excluding hydrogens is 268 g/mol. The number of rotatable bonds is 5. The molecule has 0 bridgehead atoms. The van der Waals surface area contributed by atoms with E-state index < -0.39 is 0 Å². The number of aryl methyl sites for hydroxylation is 1. The summed E-state index contributed by atoms with van der Waals surface area (Å²) in [4.78, 5) is 0. The molecule has 1 aromatic heterocycles. The molecular formula is C15H24N4S. The molecule has 0 amide bonds. The van der Waals surface area contributed by atoms with Crippen LogP contribution < -0.4 is 5.73 Å². The van der Waals surface area contributed by atoms with Gasteiger partial charge in [0.2, 0.25) is 0 Å². The first kappa shape index (κ1) is 15.3. The van der Waals surface area contributed by atoms with E-state index in [1.54, 1.807) is 11.8 Å². The first-order chi connectivity index (χ1) is 9.67. The van der Waals surface area contributed by atoms with Gasteiger partial charge in [-0.3, -0.25) is 5.41 Å². The SMILES string of the molecule is CCc1nnc(SC2CCCCC2)c(C(=N)N)c1CC. The van der Waals surface area contributed by atoms with E-state index in [2.05, 4.69) is 24.0 Å². The van der Waals surface area contributed by atoms with Gasteiger partial charge >= 0.3 is 0 Å². The third-order valence-electron chi connectivity index (χ3n) is 3.91. The fourth-order valence-electron chi connectivity index (χ4n) is 2.86. The third-order valence-corrected chi connectivity index (χ3v) is 5.23. The fourth-order valence-corrected chi connectivity index (χ4v) is 4.18. The molecule has 1 heterocycles. The lowest BCUT2D eigenvalue weighted by Crippen LogP contribution is -2.20. The molecule has 0 aliphatic heterocycles. The minimum Gasteiger partial charge on any atom is -0.384 e. The standard InChI is InChI=1S/C15H24N4S/c1-3-11-12(4-2)18-19-15(13(11)14(16)17)20-10-8-6-5-7-9-10/h10H,3-9H2,1-2H3,(H3,16,17). The summed E-state index contributed by atoms with van der Waals surface area (Å²) in [7, 11) is 0. The van der Waals surface area contributed by atoms with Crippen LogP contribution in [0.4, 0.5) is 0 Å². The Balaban J connectivity index is 2.33. The molecule has 2 rings (SSSR count).